The highest BCUT2D eigenvalue weighted by atomic mass is 79.9. The molecule has 1 N–H and O–H groups in total. The number of methoxy groups -OCH3 is 1. The van der Waals surface area contributed by atoms with E-state index in [1.807, 2.05) is 0 Å². The van der Waals surface area contributed by atoms with Crippen LogP contribution in [0.25, 0.3) is 0 Å². The summed E-state index contributed by atoms with van der Waals surface area (Å²) < 4.78 is 6.23. The van der Waals surface area contributed by atoms with E-state index >= 15 is 0 Å². The van der Waals surface area contributed by atoms with Gasteiger partial charge in [0, 0.05) is 43.4 Å². The van der Waals surface area contributed by atoms with Crippen LogP contribution in [0.1, 0.15) is 25.3 Å². The summed E-state index contributed by atoms with van der Waals surface area (Å²) in [5.74, 6) is 0.804. The summed E-state index contributed by atoms with van der Waals surface area (Å²) in [6.07, 6.45) is 2.66. The summed E-state index contributed by atoms with van der Waals surface area (Å²) in [6, 6.07) is 6.72. The minimum Gasteiger partial charge on any atom is -0.383 e. The molecule has 0 aliphatic carbocycles. The Hall–Kier alpha value is -0.580. The minimum absolute atomic E-state index is 0.751. The summed E-state index contributed by atoms with van der Waals surface area (Å²) in [5.41, 5.74) is 2.64. The molecular formula is C16H25BrN2O. The van der Waals surface area contributed by atoms with Crippen LogP contribution in [0.15, 0.2) is 22.7 Å². The van der Waals surface area contributed by atoms with Crippen molar-refractivity contribution in [2.75, 3.05) is 38.3 Å². The van der Waals surface area contributed by atoms with Crippen molar-refractivity contribution in [1.82, 2.24) is 5.32 Å². The Morgan fingerprint density at radius 2 is 2.30 bits per heavy atom. The zero-order valence-electron chi connectivity index (χ0n) is 12.5. The lowest BCUT2D eigenvalue weighted by Gasteiger charge is -2.33. The van der Waals surface area contributed by atoms with Crippen molar-refractivity contribution in [2.45, 2.75) is 26.3 Å². The summed E-state index contributed by atoms with van der Waals surface area (Å²) in [6.45, 7) is 7.21. The first-order valence-corrected chi connectivity index (χ1v) is 8.23. The van der Waals surface area contributed by atoms with E-state index < -0.39 is 0 Å². The number of nitrogens with one attached hydrogen (secondary N) is 1. The average molecular weight is 341 g/mol. The Morgan fingerprint density at radius 3 is 3.00 bits per heavy atom. The normalized spacial score (nSPS) is 19.4. The smallest absolute Gasteiger partial charge is 0.0587 e. The first-order valence-electron chi connectivity index (χ1n) is 7.43. The Morgan fingerprint density at radius 1 is 1.45 bits per heavy atom. The molecule has 1 fully saturated rings. The quantitative estimate of drug-likeness (QED) is 0.803. The fraction of sp³-hybridized carbons (Fsp3) is 0.625. The number of hydrogen-bond donors (Lipinski definition) is 1. The van der Waals surface area contributed by atoms with Crippen molar-refractivity contribution in [3.63, 3.8) is 0 Å². The van der Waals surface area contributed by atoms with E-state index in [9.17, 15) is 0 Å². The molecule has 1 atom stereocenters. The van der Waals surface area contributed by atoms with E-state index in [-0.39, 0.29) is 0 Å². The molecule has 20 heavy (non-hydrogen) atoms. The molecule has 112 valence electrons. The maximum Gasteiger partial charge on any atom is 0.0587 e. The Bertz CT molecular complexity index is 425. The van der Waals surface area contributed by atoms with Crippen LogP contribution in [0.5, 0.6) is 0 Å². The first kappa shape index (κ1) is 15.8. The van der Waals surface area contributed by atoms with Crippen molar-refractivity contribution in [3.8, 4) is 0 Å². The zero-order chi connectivity index (χ0) is 14.4. The molecule has 4 heteroatoms. The molecule has 0 spiro atoms. The van der Waals surface area contributed by atoms with Crippen molar-refractivity contribution in [3.05, 3.63) is 28.2 Å². The summed E-state index contributed by atoms with van der Waals surface area (Å²) >= 11 is 3.70. The third-order valence-electron chi connectivity index (χ3n) is 3.86. The number of anilines is 1. The van der Waals surface area contributed by atoms with E-state index in [2.05, 4.69) is 51.3 Å². The molecule has 0 bridgehead atoms. The molecule has 1 heterocycles. The van der Waals surface area contributed by atoms with Crippen LogP contribution in [0.3, 0.4) is 0 Å². The van der Waals surface area contributed by atoms with E-state index in [0.717, 1.165) is 25.6 Å². The largest absolute Gasteiger partial charge is 0.383 e. The molecule has 1 aromatic carbocycles. The third kappa shape index (κ3) is 4.47. The van der Waals surface area contributed by atoms with Crippen LogP contribution >= 0.6 is 15.9 Å². The molecule has 0 aromatic heterocycles. The Labute approximate surface area is 130 Å². The number of rotatable bonds is 6. The van der Waals surface area contributed by atoms with Crippen LogP contribution in [0.2, 0.25) is 0 Å². The van der Waals surface area contributed by atoms with Gasteiger partial charge in [0.05, 0.1) is 6.61 Å². The SMILES string of the molecule is COCCNCc1ccc(N2CCCC(C)C2)cc1Br. The molecular weight excluding hydrogens is 316 g/mol. The van der Waals surface area contributed by atoms with Crippen LogP contribution < -0.4 is 10.2 Å². The van der Waals surface area contributed by atoms with Gasteiger partial charge in [0.15, 0.2) is 0 Å². The third-order valence-corrected chi connectivity index (χ3v) is 4.60. The van der Waals surface area contributed by atoms with Gasteiger partial charge in [-0.1, -0.05) is 28.9 Å². The number of benzene rings is 1. The van der Waals surface area contributed by atoms with Gasteiger partial charge in [-0.05, 0) is 36.5 Å². The van der Waals surface area contributed by atoms with Crippen molar-refractivity contribution < 1.29 is 4.74 Å². The number of hydrogen-bond acceptors (Lipinski definition) is 3. The molecule has 1 aliphatic rings. The average Bonchev–Trinajstić information content (AvgIpc) is 2.45. The Balaban J connectivity index is 1.94. The van der Waals surface area contributed by atoms with Crippen LogP contribution in [-0.2, 0) is 11.3 Å². The fourth-order valence-corrected chi connectivity index (χ4v) is 3.20. The highest BCUT2D eigenvalue weighted by molar-refractivity contribution is 9.10. The summed E-state index contributed by atoms with van der Waals surface area (Å²) in [5, 5.41) is 3.38. The Kier molecular flexibility index (Phi) is 6.33. The van der Waals surface area contributed by atoms with E-state index in [4.69, 9.17) is 4.74 Å². The van der Waals surface area contributed by atoms with Gasteiger partial charge in [-0.3, -0.25) is 0 Å². The molecule has 1 unspecified atom stereocenters. The van der Waals surface area contributed by atoms with Crippen LogP contribution in [-0.4, -0.2) is 33.4 Å². The topological polar surface area (TPSA) is 24.5 Å². The van der Waals surface area contributed by atoms with Gasteiger partial charge in [-0.25, -0.2) is 0 Å². The minimum atomic E-state index is 0.751. The van der Waals surface area contributed by atoms with Crippen LogP contribution in [0, 0.1) is 5.92 Å². The van der Waals surface area contributed by atoms with Gasteiger partial charge in [-0.15, -0.1) is 0 Å². The van der Waals surface area contributed by atoms with Crippen molar-refractivity contribution >= 4 is 21.6 Å². The van der Waals surface area contributed by atoms with Gasteiger partial charge >= 0.3 is 0 Å². The second-order valence-corrected chi connectivity index (χ2v) is 6.49. The lowest BCUT2D eigenvalue weighted by molar-refractivity contribution is 0.199. The highest BCUT2D eigenvalue weighted by Crippen LogP contribution is 2.27. The lowest BCUT2D eigenvalue weighted by Crippen LogP contribution is -2.34. The fourth-order valence-electron chi connectivity index (χ4n) is 2.70. The second-order valence-electron chi connectivity index (χ2n) is 5.64. The molecule has 0 amide bonds. The standard InChI is InChI=1S/C16H25BrN2O/c1-13-4-3-8-19(12-13)15-6-5-14(16(17)10-15)11-18-7-9-20-2/h5-6,10,13,18H,3-4,7-9,11-12H2,1-2H3. The monoisotopic (exact) mass is 340 g/mol. The summed E-state index contributed by atoms with van der Waals surface area (Å²) in [4.78, 5) is 2.50. The molecule has 0 radical (unpaired) electrons. The highest BCUT2D eigenvalue weighted by Gasteiger charge is 2.17. The van der Waals surface area contributed by atoms with E-state index in [1.54, 1.807) is 7.11 Å². The predicted octanol–water partition coefficient (Wildman–Crippen LogP) is 3.42. The number of nitrogens with zero attached hydrogens (tertiary/aromatic N) is 1. The number of ether oxygens (including phenoxy) is 1. The molecule has 1 aliphatic heterocycles. The van der Waals surface area contributed by atoms with Gasteiger partial charge in [-0.2, -0.15) is 0 Å². The number of piperidine rings is 1. The van der Waals surface area contributed by atoms with Gasteiger partial charge in [0.1, 0.15) is 0 Å². The van der Waals surface area contributed by atoms with E-state index in [0.29, 0.717) is 0 Å². The predicted molar refractivity (Wildman–Crippen MR) is 88.3 cm³/mol. The maximum atomic E-state index is 5.04. The number of halogens is 1. The first-order chi connectivity index (χ1) is 9.70. The van der Waals surface area contributed by atoms with Crippen molar-refractivity contribution in [1.29, 1.82) is 0 Å². The zero-order valence-corrected chi connectivity index (χ0v) is 14.1. The van der Waals surface area contributed by atoms with Gasteiger partial charge in [0.2, 0.25) is 0 Å². The lowest BCUT2D eigenvalue weighted by atomic mass is 9.99. The van der Waals surface area contributed by atoms with E-state index in [1.165, 1.54) is 41.7 Å². The molecule has 2 rings (SSSR count). The maximum absolute atomic E-state index is 5.04. The second kappa shape index (κ2) is 8.01. The molecule has 1 saturated heterocycles. The molecule has 1 aromatic rings. The van der Waals surface area contributed by atoms with Crippen molar-refractivity contribution in [2.24, 2.45) is 5.92 Å². The van der Waals surface area contributed by atoms with Crippen LogP contribution in [0.4, 0.5) is 5.69 Å². The summed E-state index contributed by atoms with van der Waals surface area (Å²) in [7, 11) is 1.73. The van der Waals surface area contributed by atoms with Gasteiger partial charge < -0.3 is 15.0 Å². The molecule has 3 nitrogen and oxygen atoms in total. The van der Waals surface area contributed by atoms with Gasteiger partial charge in [0.25, 0.3) is 0 Å². The molecule has 0 saturated carbocycles.